The second-order valence-electron chi connectivity index (χ2n) is 3.63. The highest BCUT2D eigenvalue weighted by Crippen LogP contribution is 2.39. The summed E-state index contributed by atoms with van der Waals surface area (Å²) in [7, 11) is 0. The zero-order valence-corrected chi connectivity index (χ0v) is 6.20. The summed E-state index contributed by atoms with van der Waals surface area (Å²) in [6.07, 6.45) is -0.00694. The summed E-state index contributed by atoms with van der Waals surface area (Å²) in [4.78, 5) is 0. The van der Waals surface area contributed by atoms with E-state index in [9.17, 15) is 8.78 Å². The SMILES string of the molecule is FC1(F)COCC2(CNC2)C1. The van der Waals surface area contributed by atoms with Crippen molar-refractivity contribution in [3.8, 4) is 0 Å². The molecule has 2 aliphatic heterocycles. The van der Waals surface area contributed by atoms with Gasteiger partial charge in [0.2, 0.25) is 0 Å². The molecule has 2 rings (SSSR count). The molecule has 0 atom stereocenters. The van der Waals surface area contributed by atoms with Crippen molar-refractivity contribution in [1.82, 2.24) is 5.32 Å². The van der Waals surface area contributed by atoms with Gasteiger partial charge in [-0.05, 0) is 0 Å². The van der Waals surface area contributed by atoms with E-state index in [1.165, 1.54) is 0 Å². The maximum Gasteiger partial charge on any atom is 0.271 e. The average molecular weight is 163 g/mol. The highest BCUT2D eigenvalue weighted by atomic mass is 19.3. The van der Waals surface area contributed by atoms with Crippen LogP contribution in [0.15, 0.2) is 0 Å². The number of rotatable bonds is 0. The van der Waals surface area contributed by atoms with Crippen molar-refractivity contribution in [2.75, 3.05) is 26.3 Å². The Bertz CT molecular complexity index is 168. The second kappa shape index (κ2) is 2.14. The van der Waals surface area contributed by atoms with Gasteiger partial charge in [-0.3, -0.25) is 0 Å². The average Bonchev–Trinajstić information content (AvgIpc) is 1.82. The van der Waals surface area contributed by atoms with Gasteiger partial charge in [0.05, 0.1) is 6.61 Å². The lowest BCUT2D eigenvalue weighted by molar-refractivity contribution is -0.178. The number of alkyl halides is 2. The first-order chi connectivity index (χ1) is 5.12. The van der Waals surface area contributed by atoms with Crippen molar-refractivity contribution in [3.63, 3.8) is 0 Å². The smallest absolute Gasteiger partial charge is 0.271 e. The van der Waals surface area contributed by atoms with Crippen LogP contribution >= 0.6 is 0 Å². The van der Waals surface area contributed by atoms with Gasteiger partial charge in [-0.1, -0.05) is 0 Å². The summed E-state index contributed by atoms with van der Waals surface area (Å²) < 4.78 is 30.4. The van der Waals surface area contributed by atoms with Crippen molar-refractivity contribution < 1.29 is 13.5 Å². The van der Waals surface area contributed by atoms with E-state index in [1.807, 2.05) is 0 Å². The van der Waals surface area contributed by atoms with Crippen LogP contribution in [0.3, 0.4) is 0 Å². The van der Waals surface area contributed by atoms with Crippen molar-refractivity contribution in [2.45, 2.75) is 12.3 Å². The number of ether oxygens (including phenoxy) is 1. The van der Waals surface area contributed by atoms with Gasteiger partial charge in [-0.15, -0.1) is 0 Å². The van der Waals surface area contributed by atoms with Crippen LogP contribution in [-0.4, -0.2) is 32.2 Å². The maximum absolute atomic E-state index is 12.8. The first kappa shape index (κ1) is 7.43. The van der Waals surface area contributed by atoms with Gasteiger partial charge >= 0.3 is 0 Å². The molecule has 2 nitrogen and oxygen atoms in total. The number of nitrogens with one attached hydrogen (secondary N) is 1. The molecular formula is C7H11F2NO. The molecular weight excluding hydrogens is 152 g/mol. The van der Waals surface area contributed by atoms with Gasteiger partial charge in [0.25, 0.3) is 5.92 Å². The minimum atomic E-state index is -2.60. The normalized spacial score (nSPS) is 33.3. The second-order valence-corrected chi connectivity index (χ2v) is 3.63. The molecule has 2 aliphatic rings. The minimum absolute atomic E-state index is 0.00694. The lowest BCUT2D eigenvalue weighted by Crippen LogP contribution is -2.61. The fourth-order valence-electron chi connectivity index (χ4n) is 1.77. The van der Waals surface area contributed by atoms with E-state index in [2.05, 4.69) is 5.32 Å². The van der Waals surface area contributed by atoms with Gasteiger partial charge in [0.15, 0.2) is 0 Å². The number of hydrogen-bond acceptors (Lipinski definition) is 2. The summed E-state index contributed by atoms with van der Waals surface area (Å²) in [5.41, 5.74) is -0.248. The van der Waals surface area contributed by atoms with Gasteiger partial charge in [-0.25, -0.2) is 8.78 Å². The van der Waals surface area contributed by atoms with Gasteiger partial charge in [-0.2, -0.15) is 0 Å². The molecule has 0 aromatic heterocycles. The van der Waals surface area contributed by atoms with Gasteiger partial charge < -0.3 is 10.1 Å². The summed E-state index contributed by atoms with van der Waals surface area (Å²) in [6.45, 7) is 1.47. The molecule has 0 aliphatic carbocycles. The van der Waals surface area contributed by atoms with Gasteiger partial charge in [0, 0.05) is 24.9 Å². The topological polar surface area (TPSA) is 21.3 Å². The Balaban J connectivity index is 2.03. The molecule has 1 N–H and O–H groups in total. The molecule has 0 bridgehead atoms. The molecule has 1 spiro atoms. The first-order valence-corrected chi connectivity index (χ1v) is 3.78. The zero-order valence-electron chi connectivity index (χ0n) is 6.20. The lowest BCUT2D eigenvalue weighted by Gasteiger charge is -2.47. The highest BCUT2D eigenvalue weighted by molar-refractivity contribution is 4.98. The molecule has 2 fully saturated rings. The van der Waals surface area contributed by atoms with E-state index in [1.54, 1.807) is 0 Å². The molecule has 0 radical (unpaired) electrons. The summed E-state index contributed by atoms with van der Waals surface area (Å²) in [5.74, 6) is -2.60. The summed E-state index contributed by atoms with van der Waals surface area (Å²) in [6, 6.07) is 0. The minimum Gasteiger partial charge on any atom is -0.375 e. The Morgan fingerprint density at radius 3 is 2.27 bits per heavy atom. The fraction of sp³-hybridized carbons (Fsp3) is 1.00. The predicted molar refractivity (Wildman–Crippen MR) is 35.7 cm³/mol. The van der Waals surface area contributed by atoms with Crippen molar-refractivity contribution >= 4 is 0 Å². The molecule has 0 unspecified atom stereocenters. The fourth-order valence-corrected chi connectivity index (χ4v) is 1.77. The first-order valence-electron chi connectivity index (χ1n) is 3.78. The van der Waals surface area contributed by atoms with E-state index in [-0.39, 0.29) is 11.8 Å². The largest absolute Gasteiger partial charge is 0.375 e. The molecule has 2 heterocycles. The molecule has 64 valence electrons. The Morgan fingerprint density at radius 1 is 1.18 bits per heavy atom. The molecule has 0 aromatic rings. The van der Waals surface area contributed by atoms with E-state index in [4.69, 9.17) is 4.74 Å². The summed E-state index contributed by atoms with van der Waals surface area (Å²) >= 11 is 0. The maximum atomic E-state index is 12.8. The van der Waals surface area contributed by atoms with E-state index >= 15 is 0 Å². The van der Waals surface area contributed by atoms with Gasteiger partial charge in [0.1, 0.15) is 6.61 Å². The highest BCUT2D eigenvalue weighted by Gasteiger charge is 2.49. The van der Waals surface area contributed by atoms with Crippen LogP contribution in [0.4, 0.5) is 8.78 Å². The van der Waals surface area contributed by atoms with Crippen LogP contribution in [0.2, 0.25) is 0 Å². The van der Waals surface area contributed by atoms with Crippen LogP contribution in [0, 0.1) is 5.41 Å². The monoisotopic (exact) mass is 163 g/mol. The third-order valence-corrected chi connectivity index (χ3v) is 2.36. The Kier molecular flexibility index (Phi) is 1.44. The zero-order chi connectivity index (χ0) is 7.95. The van der Waals surface area contributed by atoms with Crippen molar-refractivity contribution in [3.05, 3.63) is 0 Å². The van der Waals surface area contributed by atoms with E-state index in [0.29, 0.717) is 19.7 Å². The standard InChI is InChI=1S/C7H11F2NO/c8-7(9)1-6(2-10-3-6)4-11-5-7/h10H,1-5H2. The molecule has 0 amide bonds. The molecule has 0 saturated carbocycles. The number of halogens is 2. The van der Waals surface area contributed by atoms with Crippen LogP contribution in [0.25, 0.3) is 0 Å². The predicted octanol–water partition coefficient (Wildman–Crippen LogP) is 0.632. The van der Waals surface area contributed by atoms with Crippen LogP contribution in [0.5, 0.6) is 0 Å². The Morgan fingerprint density at radius 2 is 1.91 bits per heavy atom. The Hall–Kier alpha value is -0.220. The van der Waals surface area contributed by atoms with Crippen LogP contribution in [-0.2, 0) is 4.74 Å². The summed E-state index contributed by atoms with van der Waals surface area (Å²) in [5, 5.41) is 3.00. The third-order valence-electron chi connectivity index (χ3n) is 2.36. The molecule has 2 saturated heterocycles. The van der Waals surface area contributed by atoms with Crippen molar-refractivity contribution in [1.29, 1.82) is 0 Å². The molecule has 4 heteroatoms. The van der Waals surface area contributed by atoms with E-state index < -0.39 is 12.5 Å². The lowest BCUT2D eigenvalue weighted by atomic mass is 9.76. The molecule has 0 aromatic carbocycles. The Labute approximate surface area is 63.9 Å². The third kappa shape index (κ3) is 1.25. The quantitative estimate of drug-likeness (QED) is 0.565. The van der Waals surface area contributed by atoms with Crippen LogP contribution < -0.4 is 5.32 Å². The number of hydrogen-bond donors (Lipinski definition) is 1. The van der Waals surface area contributed by atoms with Crippen LogP contribution in [0.1, 0.15) is 6.42 Å². The van der Waals surface area contributed by atoms with Crippen molar-refractivity contribution in [2.24, 2.45) is 5.41 Å². The molecule has 11 heavy (non-hydrogen) atoms. The van der Waals surface area contributed by atoms with E-state index in [0.717, 1.165) is 0 Å².